The summed E-state index contributed by atoms with van der Waals surface area (Å²) in [5.41, 5.74) is -0.850. The van der Waals surface area contributed by atoms with Crippen LogP contribution >= 0.6 is 0 Å². The summed E-state index contributed by atoms with van der Waals surface area (Å²) in [5, 5.41) is 2.83. The van der Waals surface area contributed by atoms with Crippen molar-refractivity contribution in [3.8, 4) is 0 Å². The van der Waals surface area contributed by atoms with Crippen LogP contribution in [-0.4, -0.2) is 46.1 Å². The van der Waals surface area contributed by atoms with Crippen molar-refractivity contribution >= 4 is 5.91 Å². The molecule has 0 aliphatic carbocycles. The number of piperidine rings is 1. The first kappa shape index (κ1) is 17.5. The lowest BCUT2D eigenvalue weighted by molar-refractivity contribution is -0.121. The van der Waals surface area contributed by atoms with Gasteiger partial charge < -0.3 is 10.2 Å². The molecule has 1 aromatic rings. The monoisotopic (exact) mass is 322 g/mol. The van der Waals surface area contributed by atoms with Crippen molar-refractivity contribution in [2.75, 3.05) is 26.2 Å². The fourth-order valence-electron chi connectivity index (χ4n) is 2.97. The Morgan fingerprint density at radius 1 is 1.39 bits per heavy atom. The van der Waals surface area contributed by atoms with Crippen molar-refractivity contribution in [3.63, 3.8) is 0 Å². The lowest BCUT2D eigenvalue weighted by Crippen LogP contribution is -2.41. The van der Waals surface area contributed by atoms with Gasteiger partial charge in [0.25, 0.3) is 5.56 Å². The Kier molecular flexibility index (Phi) is 6.15. The van der Waals surface area contributed by atoms with Gasteiger partial charge in [0.15, 0.2) is 0 Å². The largest absolute Gasteiger partial charge is 0.354 e. The molecular weight excluding hydrogens is 296 g/mol. The molecule has 1 N–H and O–H groups in total. The van der Waals surface area contributed by atoms with Gasteiger partial charge >= 0.3 is 5.69 Å². The van der Waals surface area contributed by atoms with Crippen LogP contribution in [0, 0.1) is 5.92 Å². The second-order valence-corrected chi connectivity index (χ2v) is 6.37. The molecule has 0 saturated carbocycles. The number of rotatable bonds is 6. The molecule has 7 nitrogen and oxygen atoms in total. The molecule has 0 aromatic carbocycles. The van der Waals surface area contributed by atoms with E-state index in [4.69, 9.17) is 0 Å². The van der Waals surface area contributed by atoms with Crippen molar-refractivity contribution in [1.82, 2.24) is 19.4 Å². The number of hydrogen-bond donors (Lipinski definition) is 1. The molecule has 0 bridgehead atoms. The average Bonchev–Trinajstić information content (AvgIpc) is 2.52. The highest BCUT2D eigenvalue weighted by atomic mass is 16.2. The Morgan fingerprint density at radius 3 is 2.91 bits per heavy atom. The van der Waals surface area contributed by atoms with E-state index in [9.17, 15) is 14.4 Å². The molecule has 1 aliphatic heterocycles. The van der Waals surface area contributed by atoms with Crippen molar-refractivity contribution in [2.45, 2.75) is 32.7 Å². The number of aromatic nitrogens is 2. The van der Waals surface area contributed by atoms with Crippen molar-refractivity contribution < 1.29 is 4.79 Å². The number of carbonyl (C=O) groups is 1. The molecule has 1 aliphatic rings. The van der Waals surface area contributed by atoms with Crippen LogP contribution in [0.3, 0.4) is 0 Å². The van der Waals surface area contributed by atoms with Gasteiger partial charge in [-0.1, -0.05) is 6.92 Å². The van der Waals surface area contributed by atoms with Crippen molar-refractivity contribution in [3.05, 3.63) is 33.1 Å². The highest BCUT2D eigenvalue weighted by molar-refractivity contribution is 5.75. The standard InChI is InChI=1S/C16H26N4O3/c1-13-5-3-8-19(11-13)9-4-7-17-14(21)12-20-10-6-15(22)18(2)16(20)23/h6,10,13H,3-5,7-9,11-12H2,1-2H3,(H,17,21)/t13-/m1/s1. The predicted molar refractivity (Wildman–Crippen MR) is 88.4 cm³/mol. The SMILES string of the molecule is C[C@@H]1CCCN(CCCNC(=O)Cn2ccc(=O)n(C)c2=O)C1. The molecule has 7 heteroatoms. The van der Waals surface area contributed by atoms with Crippen molar-refractivity contribution in [1.29, 1.82) is 0 Å². The quantitative estimate of drug-likeness (QED) is 0.735. The number of nitrogens with one attached hydrogen (secondary N) is 1. The molecular formula is C16H26N4O3. The highest BCUT2D eigenvalue weighted by Gasteiger charge is 2.15. The van der Waals surface area contributed by atoms with E-state index in [1.807, 2.05) is 0 Å². The molecule has 23 heavy (non-hydrogen) atoms. The predicted octanol–water partition coefficient (Wildman–Crippen LogP) is -0.215. The fraction of sp³-hybridized carbons (Fsp3) is 0.688. The molecule has 1 aromatic heterocycles. The van der Waals surface area contributed by atoms with E-state index in [-0.39, 0.29) is 18.0 Å². The summed E-state index contributed by atoms with van der Waals surface area (Å²) in [6, 6.07) is 1.28. The molecule has 1 atom stereocenters. The van der Waals surface area contributed by atoms with E-state index in [0.29, 0.717) is 6.54 Å². The first-order valence-corrected chi connectivity index (χ1v) is 8.23. The Balaban J connectivity index is 1.72. The van der Waals surface area contributed by atoms with Gasteiger partial charge in [-0.15, -0.1) is 0 Å². The maximum absolute atomic E-state index is 11.9. The molecule has 0 spiro atoms. The topological polar surface area (TPSA) is 76.3 Å². The Hall–Kier alpha value is -1.89. The van der Waals surface area contributed by atoms with Crippen LogP contribution in [-0.2, 0) is 18.4 Å². The third-order valence-corrected chi connectivity index (χ3v) is 4.29. The van der Waals surface area contributed by atoms with Crippen LogP contribution in [0.2, 0.25) is 0 Å². The smallest absolute Gasteiger partial charge is 0.331 e. The normalized spacial score (nSPS) is 18.8. The van der Waals surface area contributed by atoms with Crippen molar-refractivity contribution in [2.24, 2.45) is 13.0 Å². The maximum Gasteiger partial charge on any atom is 0.331 e. The first-order valence-electron chi connectivity index (χ1n) is 8.23. The Labute approximate surface area is 135 Å². The van der Waals surface area contributed by atoms with Gasteiger partial charge in [0, 0.05) is 32.4 Å². The molecule has 1 saturated heterocycles. The van der Waals surface area contributed by atoms with Gasteiger partial charge in [0.1, 0.15) is 6.54 Å². The summed E-state index contributed by atoms with van der Waals surface area (Å²) in [5.74, 6) is 0.549. The van der Waals surface area contributed by atoms with Gasteiger partial charge in [-0.2, -0.15) is 0 Å². The fourth-order valence-corrected chi connectivity index (χ4v) is 2.97. The van der Waals surface area contributed by atoms with E-state index in [0.717, 1.165) is 36.5 Å². The van der Waals surface area contributed by atoms with Crippen LogP contribution in [0.1, 0.15) is 26.2 Å². The number of amides is 1. The Morgan fingerprint density at radius 2 is 2.17 bits per heavy atom. The summed E-state index contributed by atoms with van der Waals surface area (Å²) in [6.45, 7) is 6.09. The summed E-state index contributed by atoms with van der Waals surface area (Å²) in [6.07, 6.45) is 4.82. The summed E-state index contributed by atoms with van der Waals surface area (Å²) < 4.78 is 2.23. The number of nitrogens with zero attached hydrogens (tertiary/aromatic N) is 3. The Bertz CT molecular complexity index is 649. The molecule has 0 radical (unpaired) electrons. The molecule has 128 valence electrons. The van der Waals surface area contributed by atoms with Gasteiger partial charge in [-0.3, -0.25) is 18.7 Å². The zero-order valence-corrected chi connectivity index (χ0v) is 14.0. The summed E-state index contributed by atoms with van der Waals surface area (Å²) >= 11 is 0. The number of likely N-dealkylation sites (tertiary alicyclic amines) is 1. The number of hydrogen-bond acceptors (Lipinski definition) is 4. The minimum atomic E-state index is -0.477. The summed E-state index contributed by atoms with van der Waals surface area (Å²) in [7, 11) is 1.40. The van der Waals surface area contributed by atoms with Crippen LogP contribution in [0.5, 0.6) is 0 Å². The van der Waals surface area contributed by atoms with E-state index in [1.165, 1.54) is 36.7 Å². The number of carbonyl (C=O) groups excluding carboxylic acids is 1. The van der Waals surface area contributed by atoms with E-state index in [2.05, 4.69) is 17.1 Å². The first-order chi connectivity index (χ1) is 11.0. The van der Waals surface area contributed by atoms with E-state index >= 15 is 0 Å². The second kappa shape index (κ2) is 8.10. The zero-order chi connectivity index (χ0) is 16.8. The van der Waals surface area contributed by atoms with Gasteiger partial charge in [0.05, 0.1) is 0 Å². The average molecular weight is 322 g/mol. The third kappa shape index (κ3) is 5.06. The van der Waals surface area contributed by atoms with E-state index in [1.54, 1.807) is 0 Å². The van der Waals surface area contributed by atoms with E-state index < -0.39 is 5.69 Å². The van der Waals surface area contributed by atoms with Crippen LogP contribution in [0.15, 0.2) is 21.9 Å². The van der Waals surface area contributed by atoms with Crippen LogP contribution in [0.25, 0.3) is 0 Å². The van der Waals surface area contributed by atoms with Crippen LogP contribution in [0.4, 0.5) is 0 Å². The highest BCUT2D eigenvalue weighted by Crippen LogP contribution is 2.15. The molecule has 2 heterocycles. The third-order valence-electron chi connectivity index (χ3n) is 4.29. The van der Waals surface area contributed by atoms with Crippen LogP contribution < -0.4 is 16.6 Å². The minimum absolute atomic E-state index is 0.0618. The van der Waals surface area contributed by atoms with Gasteiger partial charge in [-0.25, -0.2) is 4.79 Å². The van der Waals surface area contributed by atoms with Gasteiger partial charge in [0.2, 0.25) is 5.91 Å². The molecule has 0 unspecified atom stereocenters. The lowest BCUT2D eigenvalue weighted by atomic mass is 10.0. The summed E-state index contributed by atoms with van der Waals surface area (Å²) in [4.78, 5) is 37.5. The molecule has 2 rings (SSSR count). The van der Waals surface area contributed by atoms with Gasteiger partial charge in [-0.05, 0) is 38.3 Å². The zero-order valence-electron chi connectivity index (χ0n) is 14.0. The maximum atomic E-state index is 11.9. The second-order valence-electron chi connectivity index (χ2n) is 6.37. The lowest BCUT2D eigenvalue weighted by Gasteiger charge is -2.30. The molecule has 1 amide bonds. The minimum Gasteiger partial charge on any atom is -0.354 e. The molecule has 1 fully saturated rings.